The molecule has 158 valence electrons. The molecule has 0 radical (unpaired) electrons. The number of rotatable bonds is 6. The Hall–Kier alpha value is -2.02. The van der Waals surface area contributed by atoms with E-state index >= 15 is 0 Å². The summed E-state index contributed by atoms with van der Waals surface area (Å²) in [7, 11) is 0. The number of aromatic nitrogens is 4. The number of imidazole rings is 1. The zero-order valence-corrected chi connectivity index (χ0v) is 16.2. The van der Waals surface area contributed by atoms with E-state index < -0.39 is 24.0 Å². The molecule has 4 rings (SSSR count). The van der Waals surface area contributed by atoms with Gasteiger partial charge < -0.3 is 14.9 Å². The number of fused-ring (bicyclic) bond motifs is 3. The predicted octanol–water partition coefficient (Wildman–Crippen LogP) is 2.77. The van der Waals surface area contributed by atoms with E-state index in [2.05, 4.69) is 25.0 Å². The van der Waals surface area contributed by atoms with Crippen molar-refractivity contribution in [3.63, 3.8) is 0 Å². The molecule has 0 spiro atoms. The van der Waals surface area contributed by atoms with Gasteiger partial charge in [0.25, 0.3) is 0 Å². The summed E-state index contributed by atoms with van der Waals surface area (Å²) in [5.41, 5.74) is 2.27. The van der Waals surface area contributed by atoms with Gasteiger partial charge in [-0.3, -0.25) is 4.55 Å². The molecule has 0 aromatic carbocycles. The molecule has 0 aliphatic heterocycles. The molecule has 3 aromatic rings. The molecule has 29 heavy (non-hydrogen) atoms. The Bertz CT molecular complexity index is 1030. The normalized spacial score (nSPS) is 21.8. The minimum absolute atomic E-state index is 0.0355. The van der Waals surface area contributed by atoms with Gasteiger partial charge in [0.15, 0.2) is 0 Å². The number of hydrogen-bond acceptors (Lipinski definition) is 4. The van der Waals surface area contributed by atoms with Crippen LogP contribution in [0.25, 0.3) is 22.1 Å². The maximum Gasteiger partial charge on any atom is 0.401 e. The van der Waals surface area contributed by atoms with Crippen molar-refractivity contribution in [1.29, 1.82) is 0 Å². The van der Waals surface area contributed by atoms with Crippen LogP contribution >= 0.6 is 0 Å². The molecule has 8 nitrogen and oxygen atoms in total. The van der Waals surface area contributed by atoms with Gasteiger partial charge in [0.05, 0.1) is 24.8 Å². The van der Waals surface area contributed by atoms with Crippen LogP contribution in [0.5, 0.6) is 0 Å². The standard InChI is InChI=1S/C17H21F3N6O2S/c18-17(19,20)9-23-10-1-3-11(4-2-10)26-14(8-24-29(27)28)25-13-7-22-16-12(15(13)26)5-6-21-16/h5-7,10-11,23-24H,1-4,8-9H2,(H,21,22)(H,27,28). The number of halogens is 3. The molecule has 1 unspecified atom stereocenters. The molecular weight excluding hydrogens is 409 g/mol. The molecule has 3 heterocycles. The zero-order valence-electron chi connectivity index (χ0n) is 15.4. The van der Waals surface area contributed by atoms with Crippen LogP contribution in [-0.4, -0.2) is 47.0 Å². The third-order valence-corrected chi connectivity index (χ3v) is 5.71. The summed E-state index contributed by atoms with van der Waals surface area (Å²) < 4.78 is 62.1. The molecule has 1 atom stereocenters. The van der Waals surface area contributed by atoms with E-state index in [1.54, 1.807) is 12.4 Å². The van der Waals surface area contributed by atoms with Gasteiger partial charge in [-0.15, -0.1) is 0 Å². The molecule has 1 fully saturated rings. The average Bonchev–Trinajstić information content (AvgIpc) is 3.28. The minimum Gasteiger partial charge on any atom is -0.346 e. The number of pyridine rings is 1. The second kappa shape index (κ2) is 8.01. The number of H-pyrrole nitrogens is 1. The Balaban J connectivity index is 1.62. The van der Waals surface area contributed by atoms with E-state index in [0.29, 0.717) is 42.7 Å². The van der Waals surface area contributed by atoms with E-state index in [0.717, 1.165) is 10.9 Å². The van der Waals surface area contributed by atoms with E-state index in [-0.39, 0.29) is 18.6 Å². The Morgan fingerprint density at radius 3 is 2.76 bits per heavy atom. The fourth-order valence-corrected chi connectivity index (χ4v) is 4.34. The summed E-state index contributed by atoms with van der Waals surface area (Å²) in [4.78, 5) is 12.0. The number of alkyl halides is 3. The summed E-state index contributed by atoms with van der Waals surface area (Å²) in [6, 6.07) is 1.76. The van der Waals surface area contributed by atoms with Crippen LogP contribution in [0.15, 0.2) is 18.5 Å². The molecule has 4 N–H and O–H groups in total. The number of nitrogens with zero attached hydrogens (tertiary/aromatic N) is 3. The van der Waals surface area contributed by atoms with Crippen LogP contribution < -0.4 is 10.0 Å². The number of nitrogens with one attached hydrogen (secondary N) is 3. The highest BCUT2D eigenvalue weighted by Gasteiger charge is 2.31. The predicted molar refractivity (Wildman–Crippen MR) is 102 cm³/mol. The first-order valence-electron chi connectivity index (χ1n) is 9.29. The van der Waals surface area contributed by atoms with Crippen LogP contribution in [-0.2, 0) is 17.8 Å². The highest BCUT2D eigenvalue weighted by molar-refractivity contribution is 7.77. The van der Waals surface area contributed by atoms with Gasteiger partial charge in [-0.1, -0.05) is 0 Å². The Labute approximate surface area is 166 Å². The average molecular weight is 430 g/mol. The van der Waals surface area contributed by atoms with E-state index in [9.17, 15) is 17.4 Å². The van der Waals surface area contributed by atoms with Crippen molar-refractivity contribution in [3.05, 3.63) is 24.3 Å². The van der Waals surface area contributed by atoms with Gasteiger partial charge in [-0.2, -0.15) is 13.2 Å². The molecule has 3 aromatic heterocycles. The molecular formula is C17H21F3N6O2S. The van der Waals surface area contributed by atoms with Gasteiger partial charge in [0, 0.05) is 23.7 Å². The molecule has 1 aliphatic carbocycles. The number of aromatic amines is 1. The van der Waals surface area contributed by atoms with E-state index in [1.807, 2.05) is 10.6 Å². The van der Waals surface area contributed by atoms with Gasteiger partial charge >= 0.3 is 6.18 Å². The summed E-state index contributed by atoms with van der Waals surface area (Å²) in [6.07, 6.45) is 1.81. The van der Waals surface area contributed by atoms with E-state index in [4.69, 9.17) is 4.55 Å². The quantitative estimate of drug-likeness (QED) is 0.450. The molecule has 1 aliphatic rings. The SMILES string of the molecule is O=S(O)NCc1nc2cnc3[nH]ccc3c2n1C1CCC(NCC(F)(F)F)CC1. The van der Waals surface area contributed by atoms with Crippen LogP contribution in [0.2, 0.25) is 0 Å². The maximum absolute atomic E-state index is 12.5. The van der Waals surface area contributed by atoms with Crippen LogP contribution in [0.4, 0.5) is 13.2 Å². The highest BCUT2D eigenvalue weighted by atomic mass is 32.2. The Kier molecular flexibility index (Phi) is 5.60. The largest absolute Gasteiger partial charge is 0.401 e. The monoisotopic (exact) mass is 430 g/mol. The van der Waals surface area contributed by atoms with Crippen molar-refractivity contribution in [2.75, 3.05) is 6.54 Å². The van der Waals surface area contributed by atoms with Crippen LogP contribution in [0, 0.1) is 0 Å². The molecule has 0 bridgehead atoms. The zero-order chi connectivity index (χ0) is 20.6. The minimum atomic E-state index is -4.22. The lowest BCUT2D eigenvalue weighted by Crippen LogP contribution is -2.39. The lowest BCUT2D eigenvalue weighted by molar-refractivity contribution is -0.126. The van der Waals surface area contributed by atoms with Gasteiger partial charge in [-0.05, 0) is 31.7 Å². The third-order valence-electron chi connectivity index (χ3n) is 5.31. The van der Waals surface area contributed by atoms with Crippen LogP contribution in [0.1, 0.15) is 37.5 Å². The second-order valence-electron chi connectivity index (χ2n) is 7.20. The fourth-order valence-electron chi connectivity index (χ4n) is 4.08. The smallest absolute Gasteiger partial charge is 0.346 e. The Morgan fingerprint density at radius 1 is 1.31 bits per heavy atom. The summed E-state index contributed by atoms with van der Waals surface area (Å²) in [5.74, 6) is 0.601. The van der Waals surface area contributed by atoms with Gasteiger partial charge in [-0.25, -0.2) is 18.9 Å². The molecule has 1 saturated carbocycles. The van der Waals surface area contributed by atoms with Crippen molar-refractivity contribution in [3.8, 4) is 0 Å². The highest BCUT2D eigenvalue weighted by Crippen LogP contribution is 2.35. The molecule has 12 heteroatoms. The third kappa shape index (κ3) is 4.44. The Morgan fingerprint density at radius 2 is 2.07 bits per heavy atom. The van der Waals surface area contributed by atoms with E-state index in [1.165, 1.54) is 0 Å². The van der Waals surface area contributed by atoms with Gasteiger partial charge in [0.2, 0.25) is 11.3 Å². The van der Waals surface area contributed by atoms with Gasteiger partial charge in [0.1, 0.15) is 17.0 Å². The first kappa shape index (κ1) is 20.3. The molecule has 0 saturated heterocycles. The molecule has 0 amide bonds. The number of hydrogen-bond donors (Lipinski definition) is 4. The van der Waals surface area contributed by atoms with Crippen molar-refractivity contribution < 1.29 is 21.9 Å². The van der Waals surface area contributed by atoms with Crippen molar-refractivity contribution >= 4 is 33.3 Å². The van der Waals surface area contributed by atoms with Crippen molar-refractivity contribution in [2.24, 2.45) is 0 Å². The topological polar surface area (TPSA) is 108 Å². The van der Waals surface area contributed by atoms with Crippen molar-refractivity contribution in [1.82, 2.24) is 29.6 Å². The maximum atomic E-state index is 12.5. The fraction of sp³-hybridized carbons (Fsp3) is 0.529. The summed E-state index contributed by atoms with van der Waals surface area (Å²) >= 11 is -2.18. The first-order chi connectivity index (χ1) is 13.8. The second-order valence-corrected chi connectivity index (χ2v) is 7.99. The van der Waals surface area contributed by atoms with Crippen molar-refractivity contribution in [2.45, 2.75) is 50.5 Å². The van der Waals surface area contributed by atoms with Crippen LogP contribution in [0.3, 0.4) is 0 Å². The summed E-state index contributed by atoms with van der Waals surface area (Å²) in [6.45, 7) is -0.889. The lowest BCUT2D eigenvalue weighted by Gasteiger charge is -2.31. The summed E-state index contributed by atoms with van der Waals surface area (Å²) in [5, 5.41) is 3.49. The first-order valence-corrected chi connectivity index (χ1v) is 10.4. The lowest BCUT2D eigenvalue weighted by atomic mass is 9.90.